The van der Waals surface area contributed by atoms with Crippen molar-refractivity contribution in [3.63, 3.8) is 0 Å². The molecule has 0 radical (unpaired) electrons. The Kier molecular flexibility index (Phi) is 3.50. The van der Waals surface area contributed by atoms with Crippen LogP contribution in [0.4, 0.5) is 10.1 Å². The molecule has 19 heavy (non-hydrogen) atoms. The third-order valence-electron chi connectivity index (χ3n) is 2.22. The van der Waals surface area contributed by atoms with E-state index in [0.29, 0.717) is 6.07 Å². The zero-order valence-corrected chi connectivity index (χ0v) is 10.5. The van der Waals surface area contributed by atoms with Gasteiger partial charge in [-0.25, -0.2) is 4.98 Å². The minimum Gasteiger partial charge on any atom is -0.507 e. The number of nitro benzene ring substituents is 1. The fourth-order valence-corrected chi connectivity index (χ4v) is 1.88. The van der Waals surface area contributed by atoms with Gasteiger partial charge in [0.15, 0.2) is 0 Å². The van der Waals surface area contributed by atoms with E-state index < -0.39 is 27.2 Å². The van der Waals surface area contributed by atoms with E-state index in [1.54, 1.807) is 0 Å². The first-order chi connectivity index (χ1) is 8.91. The lowest BCUT2D eigenvalue weighted by molar-refractivity contribution is -0.387. The van der Waals surface area contributed by atoms with Crippen LogP contribution in [0.3, 0.4) is 0 Å². The Morgan fingerprint density at radius 2 is 2.05 bits per heavy atom. The number of rotatable bonds is 2. The van der Waals surface area contributed by atoms with Gasteiger partial charge in [0.25, 0.3) is 0 Å². The molecule has 0 aliphatic carbocycles. The third kappa shape index (κ3) is 2.42. The van der Waals surface area contributed by atoms with Crippen molar-refractivity contribution in [1.82, 2.24) is 9.97 Å². The summed E-state index contributed by atoms with van der Waals surface area (Å²) in [7, 11) is 0. The van der Waals surface area contributed by atoms with Crippen molar-refractivity contribution in [3.05, 3.63) is 44.6 Å². The number of benzene rings is 1. The molecule has 0 aliphatic rings. The van der Waals surface area contributed by atoms with E-state index in [0.717, 1.165) is 0 Å². The molecule has 2 aromatic rings. The van der Waals surface area contributed by atoms with Gasteiger partial charge in [-0.3, -0.25) is 15.1 Å². The predicted molar refractivity (Wildman–Crippen MR) is 65.8 cm³/mol. The summed E-state index contributed by atoms with van der Waals surface area (Å²) in [5, 5.41) is 19.7. The topological polar surface area (TPSA) is 89.2 Å². The van der Waals surface area contributed by atoms with Crippen LogP contribution in [0, 0.1) is 15.9 Å². The summed E-state index contributed by atoms with van der Waals surface area (Å²) in [6.45, 7) is 0. The summed E-state index contributed by atoms with van der Waals surface area (Å²) < 4.78 is 13.7. The molecule has 9 heteroatoms. The van der Waals surface area contributed by atoms with E-state index in [4.69, 9.17) is 23.2 Å². The maximum absolute atomic E-state index is 13.7. The molecule has 0 atom stereocenters. The molecule has 2 rings (SSSR count). The summed E-state index contributed by atoms with van der Waals surface area (Å²) >= 11 is 11.3. The van der Waals surface area contributed by atoms with Crippen molar-refractivity contribution >= 4 is 28.9 Å². The van der Waals surface area contributed by atoms with Crippen LogP contribution in [0.2, 0.25) is 10.2 Å². The van der Waals surface area contributed by atoms with Gasteiger partial charge in [0.2, 0.25) is 5.82 Å². The van der Waals surface area contributed by atoms with Gasteiger partial charge < -0.3 is 5.11 Å². The largest absolute Gasteiger partial charge is 0.507 e. The van der Waals surface area contributed by atoms with E-state index >= 15 is 0 Å². The highest BCUT2D eigenvalue weighted by Crippen LogP contribution is 2.40. The first-order valence-electron chi connectivity index (χ1n) is 4.75. The molecule has 1 N–H and O–H groups in total. The zero-order chi connectivity index (χ0) is 14.2. The van der Waals surface area contributed by atoms with Crippen LogP contribution in [-0.2, 0) is 0 Å². The van der Waals surface area contributed by atoms with E-state index in [1.807, 2.05) is 0 Å². The highest BCUT2D eigenvalue weighted by Gasteiger charge is 2.25. The second-order valence-electron chi connectivity index (χ2n) is 3.40. The average Bonchev–Trinajstić information content (AvgIpc) is 2.33. The molecule has 0 saturated heterocycles. The normalized spacial score (nSPS) is 10.5. The van der Waals surface area contributed by atoms with Crippen molar-refractivity contribution in [3.8, 4) is 17.0 Å². The Morgan fingerprint density at radius 1 is 1.37 bits per heavy atom. The lowest BCUT2D eigenvalue weighted by atomic mass is 10.1. The SMILES string of the molecule is O=[N+]([O-])c1cc(O)c(-c2cncc(Cl)n2)c(Cl)c1F. The summed E-state index contributed by atoms with van der Waals surface area (Å²) in [5.41, 5.74) is -1.13. The van der Waals surface area contributed by atoms with Crippen molar-refractivity contribution in [2.45, 2.75) is 0 Å². The van der Waals surface area contributed by atoms with Crippen molar-refractivity contribution in [2.75, 3.05) is 0 Å². The van der Waals surface area contributed by atoms with Gasteiger partial charge in [0.05, 0.1) is 39.7 Å². The van der Waals surface area contributed by atoms with Crippen LogP contribution in [0.5, 0.6) is 5.75 Å². The predicted octanol–water partition coefficient (Wildman–Crippen LogP) is 3.20. The molecule has 1 aromatic carbocycles. The number of hydrogen-bond acceptors (Lipinski definition) is 5. The van der Waals surface area contributed by atoms with Gasteiger partial charge in [0, 0.05) is 0 Å². The standard InChI is InChI=1S/C10H4Cl2FN3O3/c11-7-3-14-2-4(15-7)8-6(17)1-5(16(18)19)10(13)9(8)12/h1-3,17H. The molecule has 0 fully saturated rings. The molecule has 6 nitrogen and oxygen atoms in total. The van der Waals surface area contributed by atoms with Crippen LogP contribution in [0.1, 0.15) is 0 Å². The summed E-state index contributed by atoms with van der Waals surface area (Å²) in [5.74, 6) is -1.85. The maximum Gasteiger partial charge on any atom is 0.310 e. The lowest BCUT2D eigenvalue weighted by Crippen LogP contribution is -1.96. The molecule has 0 amide bonds. The fourth-order valence-electron chi connectivity index (χ4n) is 1.44. The van der Waals surface area contributed by atoms with Crippen molar-refractivity contribution in [1.29, 1.82) is 0 Å². The summed E-state index contributed by atoms with van der Waals surface area (Å²) in [6, 6.07) is 0.652. The second kappa shape index (κ2) is 4.94. The van der Waals surface area contributed by atoms with Gasteiger partial charge in [-0.15, -0.1) is 0 Å². The molecule has 0 aliphatic heterocycles. The smallest absolute Gasteiger partial charge is 0.310 e. The lowest BCUT2D eigenvalue weighted by Gasteiger charge is -2.07. The maximum atomic E-state index is 13.7. The van der Waals surface area contributed by atoms with Gasteiger partial charge in [0.1, 0.15) is 10.9 Å². The number of nitrogens with zero attached hydrogens (tertiary/aromatic N) is 3. The van der Waals surface area contributed by atoms with Gasteiger partial charge in [-0.1, -0.05) is 23.2 Å². The number of nitro groups is 1. The van der Waals surface area contributed by atoms with Crippen LogP contribution < -0.4 is 0 Å². The highest BCUT2D eigenvalue weighted by molar-refractivity contribution is 6.34. The molecular formula is C10H4Cl2FN3O3. The van der Waals surface area contributed by atoms with Crippen molar-refractivity contribution < 1.29 is 14.4 Å². The Hall–Kier alpha value is -1.99. The third-order valence-corrected chi connectivity index (χ3v) is 2.76. The zero-order valence-electron chi connectivity index (χ0n) is 8.97. The second-order valence-corrected chi connectivity index (χ2v) is 4.17. The quantitative estimate of drug-likeness (QED) is 0.679. The Morgan fingerprint density at radius 3 is 2.63 bits per heavy atom. The highest BCUT2D eigenvalue weighted by atomic mass is 35.5. The Bertz CT molecular complexity index is 681. The number of phenolic OH excluding ortho intramolecular Hbond substituents is 1. The van der Waals surface area contributed by atoms with Crippen LogP contribution in [0.15, 0.2) is 18.5 Å². The first-order valence-corrected chi connectivity index (χ1v) is 5.50. The summed E-state index contributed by atoms with van der Waals surface area (Å²) in [4.78, 5) is 17.1. The Balaban J connectivity index is 2.72. The van der Waals surface area contributed by atoms with Crippen LogP contribution in [0.25, 0.3) is 11.3 Å². The van der Waals surface area contributed by atoms with Crippen LogP contribution >= 0.6 is 23.2 Å². The number of aromatic hydroxyl groups is 1. The van der Waals surface area contributed by atoms with E-state index in [2.05, 4.69) is 9.97 Å². The Labute approximate surface area is 115 Å². The van der Waals surface area contributed by atoms with E-state index in [-0.39, 0.29) is 16.4 Å². The molecule has 1 heterocycles. The minimum absolute atomic E-state index is 0.00352. The number of phenols is 1. The molecule has 0 bridgehead atoms. The van der Waals surface area contributed by atoms with E-state index in [9.17, 15) is 19.6 Å². The average molecular weight is 304 g/mol. The van der Waals surface area contributed by atoms with Crippen LogP contribution in [-0.4, -0.2) is 20.0 Å². The number of aromatic nitrogens is 2. The molecular weight excluding hydrogens is 300 g/mol. The molecule has 0 unspecified atom stereocenters. The molecule has 0 saturated carbocycles. The monoisotopic (exact) mass is 303 g/mol. The minimum atomic E-state index is -1.26. The number of hydrogen-bond donors (Lipinski definition) is 1. The van der Waals surface area contributed by atoms with Crippen molar-refractivity contribution in [2.24, 2.45) is 0 Å². The molecule has 0 spiro atoms. The molecule has 1 aromatic heterocycles. The molecule has 98 valence electrons. The van der Waals surface area contributed by atoms with Gasteiger partial charge in [-0.2, -0.15) is 4.39 Å². The number of halogens is 3. The van der Waals surface area contributed by atoms with E-state index in [1.165, 1.54) is 12.4 Å². The van der Waals surface area contributed by atoms with Gasteiger partial charge >= 0.3 is 5.69 Å². The fraction of sp³-hybridized carbons (Fsp3) is 0. The van der Waals surface area contributed by atoms with Gasteiger partial charge in [-0.05, 0) is 0 Å². The summed E-state index contributed by atoms with van der Waals surface area (Å²) in [6.07, 6.45) is 2.43. The first kappa shape index (κ1) is 13.4.